The molecule has 0 spiro atoms. The summed E-state index contributed by atoms with van der Waals surface area (Å²) in [6.07, 6.45) is 7.87. The highest BCUT2D eigenvalue weighted by Gasteiger charge is 2.52. The van der Waals surface area contributed by atoms with E-state index in [1.165, 1.54) is 10.4 Å². The fourth-order valence-corrected chi connectivity index (χ4v) is 9.13. The van der Waals surface area contributed by atoms with Crippen molar-refractivity contribution in [3.8, 4) is 11.8 Å². The number of benzene rings is 2. The van der Waals surface area contributed by atoms with E-state index in [4.69, 9.17) is 4.43 Å². The van der Waals surface area contributed by atoms with Crippen molar-refractivity contribution < 1.29 is 4.43 Å². The SMILES string of the molecule is CC#CCC[C@H]1C=CC[C@H]1O[Si](c1ccccc1)(c1ccccc1)C(C)(C)C. The van der Waals surface area contributed by atoms with E-state index in [0.717, 1.165) is 19.3 Å². The molecular weight excluding hydrogens is 356 g/mol. The molecule has 2 aromatic carbocycles. The van der Waals surface area contributed by atoms with Gasteiger partial charge in [-0.3, -0.25) is 0 Å². The Balaban J connectivity index is 2.05. The van der Waals surface area contributed by atoms with Crippen LogP contribution in [0.4, 0.5) is 0 Å². The molecule has 146 valence electrons. The van der Waals surface area contributed by atoms with E-state index in [1.807, 2.05) is 6.92 Å². The largest absolute Gasteiger partial charge is 0.404 e. The summed E-state index contributed by atoms with van der Waals surface area (Å²) in [4.78, 5) is 0. The van der Waals surface area contributed by atoms with Crippen LogP contribution in [0, 0.1) is 17.8 Å². The molecule has 0 bridgehead atoms. The molecule has 0 radical (unpaired) electrons. The second-order valence-electron chi connectivity index (χ2n) is 8.61. The van der Waals surface area contributed by atoms with Gasteiger partial charge < -0.3 is 4.43 Å². The van der Waals surface area contributed by atoms with Crippen molar-refractivity contribution in [3.05, 3.63) is 72.8 Å². The number of hydrogen-bond donors (Lipinski definition) is 0. The summed E-state index contributed by atoms with van der Waals surface area (Å²) >= 11 is 0. The molecule has 0 saturated heterocycles. The zero-order chi connectivity index (χ0) is 20.0. The highest BCUT2D eigenvalue weighted by atomic mass is 28.4. The summed E-state index contributed by atoms with van der Waals surface area (Å²) in [5, 5.41) is 2.73. The molecule has 2 atom stereocenters. The second kappa shape index (κ2) is 8.95. The first-order chi connectivity index (χ1) is 13.5. The lowest BCUT2D eigenvalue weighted by Gasteiger charge is -2.45. The average molecular weight is 389 g/mol. The fraction of sp³-hybridized carbons (Fsp3) is 0.385. The van der Waals surface area contributed by atoms with Crippen molar-refractivity contribution in [2.45, 2.75) is 58.1 Å². The van der Waals surface area contributed by atoms with Crippen molar-refractivity contribution in [1.82, 2.24) is 0 Å². The first kappa shape index (κ1) is 20.6. The zero-order valence-corrected chi connectivity index (χ0v) is 18.6. The normalized spacial score (nSPS) is 19.3. The molecule has 1 aliphatic rings. The van der Waals surface area contributed by atoms with E-state index in [0.29, 0.717) is 5.92 Å². The van der Waals surface area contributed by atoms with Gasteiger partial charge in [-0.1, -0.05) is 93.6 Å². The van der Waals surface area contributed by atoms with Crippen molar-refractivity contribution in [1.29, 1.82) is 0 Å². The first-order valence-corrected chi connectivity index (χ1v) is 12.2. The Labute approximate surface area is 172 Å². The van der Waals surface area contributed by atoms with Crippen molar-refractivity contribution in [2.75, 3.05) is 0 Å². The summed E-state index contributed by atoms with van der Waals surface area (Å²) in [6, 6.07) is 21.9. The molecular formula is C26H32OSi. The molecule has 1 aliphatic carbocycles. The van der Waals surface area contributed by atoms with E-state index >= 15 is 0 Å². The lowest BCUT2D eigenvalue weighted by molar-refractivity contribution is 0.153. The molecule has 0 aliphatic heterocycles. The van der Waals surface area contributed by atoms with Gasteiger partial charge in [0, 0.05) is 12.3 Å². The fourth-order valence-electron chi connectivity index (χ4n) is 4.39. The van der Waals surface area contributed by atoms with Gasteiger partial charge >= 0.3 is 0 Å². The molecule has 0 fully saturated rings. The van der Waals surface area contributed by atoms with E-state index in [1.54, 1.807) is 0 Å². The monoisotopic (exact) mass is 388 g/mol. The average Bonchev–Trinajstić information content (AvgIpc) is 3.13. The van der Waals surface area contributed by atoms with Gasteiger partial charge in [0.05, 0.1) is 6.10 Å². The van der Waals surface area contributed by atoms with Crippen LogP contribution in [-0.2, 0) is 4.43 Å². The highest BCUT2D eigenvalue weighted by molar-refractivity contribution is 6.99. The van der Waals surface area contributed by atoms with E-state index < -0.39 is 8.32 Å². The van der Waals surface area contributed by atoms with Crippen LogP contribution < -0.4 is 10.4 Å². The predicted molar refractivity (Wildman–Crippen MR) is 122 cm³/mol. The van der Waals surface area contributed by atoms with E-state index in [-0.39, 0.29) is 11.1 Å². The van der Waals surface area contributed by atoms with Crippen LogP contribution in [0.2, 0.25) is 5.04 Å². The third-order valence-electron chi connectivity index (χ3n) is 5.75. The highest BCUT2D eigenvalue weighted by Crippen LogP contribution is 2.40. The topological polar surface area (TPSA) is 9.23 Å². The molecule has 2 aromatic rings. The lowest BCUT2D eigenvalue weighted by Crippen LogP contribution is -2.68. The number of hydrogen-bond acceptors (Lipinski definition) is 1. The zero-order valence-electron chi connectivity index (χ0n) is 17.6. The van der Waals surface area contributed by atoms with Crippen LogP contribution in [-0.4, -0.2) is 14.4 Å². The van der Waals surface area contributed by atoms with Gasteiger partial charge in [0.25, 0.3) is 8.32 Å². The van der Waals surface area contributed by atoms with Gasteiger partial charge in [0.2, 0.25) is 0 Å². The van der Waals surface area contributed by atoms with Crippen LogP contribution >= 0.6 is 0 Å². The summed E-state index contributed by atoms with van der Waals surface area (Å²) in [6.45, 7) is 8.96. The molecule has 0 saturated carbocycles. The maximum atomic E-state index is 7.31. The lowest BCUT2D eigenvalue weighted by atomic mass is 10.0. The minimum atomic E-state index is -2.48. The Kier molecular flexibility index (Phi) is 6.60. The molecule has 3 rings (SSSR count). The molecule has 0 heterocycles. The standard InChI is InChI=1S/C26H32OSi/c1-5-6-9-15-22-16-14-21-25(22)27-28(26(2,3)4,23-17-10-7-11-18-23)24-19-12-8-13-20-24/h7-8,10-14,16-20,22,25H,9,15,21H2,1-4H3/t22-,25+/m0/s1. The minimum absolute atomic E-state index is 0.0199. The molecule has 2 heteroatoms. The maximum absolute atomic E-state index is 7.31. The van der Waals surface area contributed by atoms with Crippen LogP contribution in [0.25, 0.3) is 0 Å². The first-order valence-electron chi connectivity index (χ1n) is 10.3. The van der Waals surface area contributed by atoms with E-state index in [9.17, 15) is 0 Å². The molecule has 1 nitrogen and oxygen atoms in total. The third kappa shape index (κ3) is 4.16. The van der Waals surface area contributed by atoms with Crippen molar-refractivity contribution in [2.24, 2.45) is 5.92 Å². The number of rotatable bonds is 6. The van der Waals surface area contributed by atoms with Crippen molar-refractivity contribution >= 4 is 18.7 Å². The van der Waals surface area contributed by atoms with Crippen molar-refractivity contribution in [3.63, 3.8) is 0 Å². The molecule has 28 heavy (non-hydrogen) atoms. The van der Waals surface area contributed by atoms with Gasteiger partial charge in [-0.05, 0) is 35.2 Å². The van der Waals surface area contributed by atoms with Crippen LogP contribution in [0.1, 0.15) is 47.0 Å². The molecule has 0 aromatic heterocycles. The Bertz CT molecular complexity index is 797. The summed E-state index contributed by atoms with van der Waals surface area (Å²) in [5.41, 5.74) is 0. The quantitative estimate of drug-likeness (QED) is 0.370. The maximum Gasteiger partial charge on any atom is 0.261 e. The Hall–Kier alpha value is -2.08. The van der Waals surface area contributed by atoms with Gasteiger partial charge in [-0.15, -0.1) is 11.8 Å². The third-order valence-corrected chi connectivity index (χ3v) is 10.8. The van der Waals surface area contributed by atoms with Crippen LogP contribution in [0.15, 0.2) is 72.8 Å². The summed E-state index contributed by atoms with van der Waals surface area (Å²) in [5.74, 6) is 6.70. The van der Waals surface area contributed by atoms with Crippen LogP contribution in [0.3, 0.4) is 0 Å². The molecule has 0 amide bonds. The summed E-state index contributed by atoms with van der Waals surface area (Å²) in [7, 11) is -2.48. The Morgan fingerprint density at radius 1 is 0.964 bits per heavy atom. The predicted octanol–water partition coefficient (Wildman–Crippen LogP) is 5.31. The second-order valence-corrected chi connectivity index (χ2v) is 12.9. The summed E-state index contributed by atoms with van der Waals surface area (Å²) < 4.78 is 7.31. The van der Waals surface area contributed by atoms with Gasteiger partial charge in [-0.25, -0.2) is 0 Å². The van der Waals surface area contributed by atoms with Gasteiger partial charge in [-0.2, -0.15) is 0 Å². The van der Waals surface area contributed by atoms with E-state index in [2.05, 4.69) is 105 Å². The smallest absolute Gasteiger partial charge is 0.261 e. The van der Waals surface area contributed by atoms with Gasteiger partial charge in [0.15, 0.2) is 0 Å². The molecule has 0 unspecified atom stereocenters. The minimum Gasteiger partial charge on any atom is -0.404 e. The van der Waals surface area contributed by atoms with Crippen LogP contribution in [0.5, 0.6) is 0 Å². The Morgan fingerprint density at radius 2 is 1.54 bits per heavy atom. The Morgan fingerprint density at radius 3 is 2.04 bits per heavy atom. The molecule has 0 N–H and O–H groups in total. The van der Waals surface area contributed by atoms with Gasteiger partial charge in [0.1, 0.15) is 0 Å².